The van der Waals surface area contributed by atoms with Gasteiger partial charge in [-0.1, -0.05) is 0 Å². The van der Waals surface area contributed by atoms with Crippen LogP contribution in [0.4, 0.5) is 0 Å². The number of rotatable bonds is 3. The summed E-state index contributed by atoms with van der Waals surface area (Å²) in [6, 6.07) is 4.45. The smallest absolute Gasteiger partial charge is 0.265 e. The SMILES string of the molecule is CNC(=O)c1ccc(C(=O)NN)cc1OC. The normalized spacial score (nSPS) is 9.44. The summed E-state index contributed by atoms with van der Waals surface area (Å²) >= 11 is 0. The predicted octanol–water partition coefficient (Wildman–Crippen LogP) is -0.342. The first-order valence-corrected chi connectivity index (χ1v) is 4.55. The standard InChI is InChI=1S/C10H13N3O3/c1-12-10(15)7-4-3-6(9(14)13-11)5-8(7)16-2/h3-5H,11H2,1-2H3,(H,12,15)(H,13,14). The number of ether oxygens (including phenoxy) is 1. The van der Waals surface area contributed by atoms with Crippen molar-refractivity contribution in [3.63, 3.8) is 0 Å². The van der Waals surface area contributed by atoms with E-state index in [1.807, 2.05) is 5.43 Å². The number of hydrazine groups is 1. The third-order valence-electron chi connectivity index (χ3n) is 2.07. The Labute approximate surface area is 92.7 Å². The van der Waals surface area contributed by atoms with Gasteiger partial charge >= 0.3 is 0 Å². The number of hydrogen-bond donors (Lipinski definition) is 3. The number of methoxy groups -OCH3 is 1. The molecule has 0 aliphatic carbocycles. The maximum atomic E-state index is 11.4. The minimum atomic E-state index is -0.443. The van der Waals surface area contributed by atoms with E-state index in [2.05, 4.69) is 5.32 Å². The van der Waals surface area contributed by atoms with Crippen LogP contribution in [0.5, 0.6) is 5.75 Å². The molecule has 0 atom stereocenters. The molecule has 0 heterocycles. The highest BCUT2D eigenvalue weighted by atomic mass is 16.5. The van der Waals surface area contributed by atoms with Crippen LogP contribution < -0.4 is 21.3 Å². The summed E-state index contributed by atoms with van der Waals surface area (Å²) in [4.78, 5) is 22.7. The van der Waals surface area contributed by atoms with Crippen LogP contribution in [0, 0.1) is 0 Å². The number of carbonyl (C=O) groups is 2. The molecule has 0 bridgehead atoms. The lowest BCUT2D eigenvalue weighted by molar-refractivity contribution is 0.0943. The van der Waals surface area contributed by atoms with Gasteiger partial charge in [0.05, 0.1) is 12.7 Å². The number of benzene rings is 1. The van der Waals surface area contributed by atoms with Crippen molar-refractivity contribution in [2.45, 2.75) is 0 Å². The number of carbonyl (C=O) groups excluding carboxylic acids is 2. The van der Waals surface area contributed by atoms with Crippen molar-refractivity contribution in [1.82, 2.24) is 10.7 Å². The first-order chi connectivity index (χ1) is 7.63. The lowest BCUT2D eigenvalue weighted by atomic mass is 10.1. The number of amides is 2. The molecule has 6 nitrogen and oxygen atoms in total. The molecule has 0 aliphatic heterocycles. The third kappa shape index (κ3) is 2.29. The second-order valence-electron chi connectivity index (χ2n) is 2.97. The van der Waals surface area contributed by atoms with Crippen molar-refractivity contribution in [3.8, 4) is 5.75 Å². The minimum Gasteiger partial charge on any atom is -0.496 e. The molecule has 1 aromatic rings. The average Bonchev–Trinajstić information content (AvgIpc) is 2.35. The highest BCUT2D eigenvalue weighted by Crippen LogP contribution is 2.19. The molecule has 0 saturated heterocycles. The summed E-state index contributed by atoms with van der Waals surface area (Å²) in [5.41, 5.74) is 2.69. The van der Waals surface area contributed by atoms with Gasteiger partial charge in [0.25, 0.3) is 11.8 Å². The zero-order valence-electron chi connectivity index (χ0n) is 9.03. The monoisotopic (exact) mass is 223 g/mol. The van der Waals surface area contributed by atoms with Crippen LogP contribution >= 0.6 is 0 Å². The van der Waals surface area contributed by atoms with Gasteiger partial charge in [-0.05, 0) is 18.2 Å². The Morgan fingerprint density at radius 3 is 2.50 bits per heavy atom. The summed E-state index contributed by atoms with van der Waals surface area (Å²) < 4.78 is 5.02. The molecule has 86 valence electrons. The molecule has 4 N–H and O–H groups in total. The summed E-state index contributed by atoms with van der Waals surface area (Å²) in [7, 11) is 2.94. The third-order valence-corrected chi connectivity index (χ3v) is 2.07. The van der Waals surface area contributed by atoms with Crippen molar-refractivity contribution in [3.05, 3.63) is 29.3 Å². The molecule has 16 heavy (non-hydrogen) atoms. The maximum Gasteiger partial charge on any atom is 0.265 e. The Morgan fingerprint density at radius 1 is 1.31 bits per heavy atom. The van der Waals surface area contributed by atoms with E-state index in [0.29, 0.717) is 16.9 Å². The van der Waals surface area contributed by atoms with Gasteiger partial charge in [0.1, 0.15) is 5.75 Å². The Morgan fingerprint density at radius 2 is 2.00 bits per heavy atom. The van der Waals surface area contributed by atoms with Crippen molar-refractivity contribution in [2.24, 2.45) is 5.84 Å². The Kier molecular flexibility index (Phi) is 3.84. The Bertz CT molecular complexity index is 418. The van der Waals surface area contributed by atoms with Crippen LogP contribution in [0.1, 0.15) is 20.7 Å². The summed E-state index contributed by atoms with van der Waals surface area (Å²) in [5.74, 6) is 4.60. The van der Waals surface area contributed by atoms with Crippen molar-refractivity contribution in [2.75, 3.05) is 14.2 Å². The van der Waals surface area contributed by atoms with E-state index < -0.39 is 5.91 Å². The van der Waals surface area contributed by atoms with Gasteiger partial charge in [-0.15, -0.1) is 0 Å². The molecule has 0 aliphatic rings. The fourth-order valence-corrected chi connectivity index (χ4v) is 1.24. The van der Waals surface area contributed by atoms with Gasteiger partial charge < -0.3 is 10.1 Å². The van der Waals surface area contributed by atoms with Gasteiger partial charge in [0, 0.05) is 12.6 Å². The highest BCUT2D eigenvalue weighted by Gasteiger charge is 2.13. The van der Waals surface area contributed by atoms with Gasteiger partial charge in [-0.3, -0.25) is 15.0 Å². The van der Waals surface area contributed by atoms with E-state index in [0.717, 1.165) is 0 Å². The van der Waals surface area contributed by atoms with E-state index in [1.165, 1.54) is 32.4 Å². The van der Waals surface area contributed by atoms with Gasteiger partial charge in [-0.25, -0.2) is 5.84 Å². The number of nitrogens with two attached hydrogens (primary N) is 1. The van der Waals surface area contributed by atoms with Crippen molar-refractivity contribution < 1.29 is 14.3 Å². The second-order valence-corrected chi connectivity index (χ2v) is 2.97. The highest BCUT2D eigenvalue weighted by molar-refractivity contribution is 6.00. The fraction of sp³-hybridized carbons (Fsp3) is 0.200. The molecule has 0 spiro atoms. The van der Waals surface area contributed by atoms with E-state index in [9.17, 15) is 9.59 Å². The molecule has 1 aromatic carbocycles. The first-order valence-electron chi connectivity index (χ1n) is 4.55. The molecule has 0 saturated carbocycles. The van der Waals surface area contributed by atoms with Crippen LogP contribution in [-0.2, 0) is 0 Å². The quantitative estimate of drug-likeness (QED) is 0.371. The van der Waals surface area contributed by atoms with E-state index in [4.69, 9.17) is 10.6 Å². The van der Waals surface area contributed by atoms with E-state index in [1.54, 1.807) is 0 Å². The number of hydrogen-bond acceptors (Lipinski definition) is 4. The van der Waals surface area contributed by atoms with Crippen LogP contribution in [0.15, 0.2) is 18.2 Å². The lowest BCUT2D eigenvalue weighted by Crippen LogP contribution is -2.30. The summed E-state index contributed by atoms with van der Waals surface area (Å²) in [6.07, 6.45) is 0. The molecule has 6 heteroatoms. The molecule has 1 rings (SSSR count). The van der Waals surface area contributed by atoms with Crippen LogP contribution in [0.3, 0.4) is 0 Å². The number of nitrogen functional groups attached to an aromatic ring is 1. The molecule has 0 radical (unpaired) electrons. The molecular formula is C10H13N3O3. The Balaban J connectivity index is 3.16. The van der Waals surface area contributed by atoms with E-state index >= 15 is 0 Å². The van der Waals surface area contributed by atoms with Crippen molar-refractivity contribution >= 4 is 11.8 Å². The fourth-order valence-electron chi connectivity index (χ4n) is 1.24. The van der Waals surface area contributed by atoms with Crippen LogP contribution in [0.25, 0.3) is 0 Å². The largest absolute Gasteiger partial charge is 0.496 e. The maximum absolute atomic E-state index is 11.4. The van der Waals surface area contributed by atoms with Crippen LogP contribution in [0.2, 0.25) is 0 Å². The minimum absolute atomic E-state index is 0.281. The molecule has 2 amide bonds. The van der Waals surface area contributed by atoms with E-state index in [-0.39, 0.29) is 5.91 Å². The van der Waals surface area contributed by atoms with Gasteiger partial charge in [0.15, 0.2) is 0 Å². The Hall–Kier alpha value is -2.08. The summed E-state index contributed by atoms with van der Waals surface area (Å²) in [6.45, 7) is 0. The molecular weight excluding hydrogens is 210 g/mol. The first kappa shape index (κ1) is 12.0. The van der Waals surface area contributed by atoms with Gasteiger partial charge in [-0.2, -0.15) is 0 Å². The van der Waals surface area contributed by atoms with Crippen molar-refractivity contribution in [1.29, 1.82) is 0 Å². The van der Waals surface area contributed by atoms with Gasteiger partial charge in [0.2, 0.25) is 0 Å². The molecule has 0 aromatic heterocycles. The topological polar surface area (TPSA) is 93.5 Å². The number of nitrogens with one attached hydrogen (secondary N) is 2. The zero-order valence-corrected chi connectivity index (χ0v) is 9.03. The molecule has 0 fully saturated rings. The second kappa shape index (κ2) is 5.13. The molecule has 0 unspecified atom stereocenters. The summed E-state index contributed by atoms with van der Waals surface area (Å²) in [5, 5.41) is 2.47. The van der Waals surface area contributed by atoms with Crippen LogP contribution in [-0.4, -0.2) is 26.0 Å². The predicted molar refractivity (Wildman–Crippen MR) is 58.0 cm³/mol. The lowest BCUT2D eigenvalue weighted by Gasteiger charge is -2.08. The zero-order chi connectivity index (χ0) is 12.1. The average molecular weight is 223 g/mol.